The molecule has 0 spiro atoms. The second kappa shape index (κ2) is 10.1. The number of oxime groups is 1. The Bertz CT molecular complexity index is 852. The molecule has 0 radical (unpaired) electrons. The summed E-state index contributed by atoms with van der Waals surface area (Å²) in [5, 5.41) is 5.89. The Balaban J connectivity index is 1.88. The molecule has 0 aromatic heterocycles. The number of nitrogens with one attached hydrogen (secondary N) is 2. The number of guanidine groups is 1. The number of rotatable bonds is 9. The maximum absolute atomic E-state index is 12.6. The summed E-state index contributed by atoms with van der Waals surface area (Å²) in [6.07, 6.45) is 0.947. The average molecular weight is 426 g/mol. The van der Waals surface area contributed by atoms with Gasteiger partial charge in [-0.05, 0) is 37.1 Å². The molecule has 6 N–H and O–H groups in total. The summed E-state index contributed by atoms with van der Waals surface area (Å²) in [5.74, 6) is -1.05. The number of carbonyl (C=O) groups excluding carboxylic acids is 2. The number of nitrogens with zero attached hydrogens (tertiary/aromatic N) is 2. The summed E-state index contributed by atoms with van der Waals surface area (Å²) in [7, 11) is -3.84. The van der Waals surface area contributed by atoms with Crippen LogP contribution in [0.25, 0.3) is 0 Å². The molecule has 1 atom stereocenters. The van der Waals surface area contributed by atoms with Crippen molar-refractivity contribution in [3.63, 3.8) is 0 Å². The SMILES string of the molecule is Cc1ccc(S(=O)(=O)N[C@H]2CCCN(CC(=O)NCCON=C(N)N)C2=O)cc1. The zero-order chi connectivity index (χ0) is 21.4. The van der Waals surface area contributed by atoms with E-state index in [2.05, 4.69) is 15.2 Å². The van der Waals surface area contributed by atoms with E-state index in [1.54, 1.807) is 12.1 Å². The highest BCUT2D eigenvalue weighted by atomic mass is 32.2. The molecule has 0 bridgehead atoms. The molecule has 160 valence electrons. The smallest absolute Gasteiger partial charge is 0.241 e. The van der Waals surface area contributed by atoms with E-state index in [-0.39, 0.29) is 30.6 Å². The molecule has 11 nitrogen and oxygen atoms in total. The van der Waals surface area contributed by atoms with Crippen LogP contribution in [0.3, 0.4) is 0 Å². The standard InChI is InChI=1S/C17H26N6O5S/c1-12-4-6-13(7-5-12)29(26,27)22-14-3-2-9-23(16(14)25)11-15(24)20-8-10-28-21-17(18)19/h4-7,14,22H,2-3,8-11H2,1H3,(H,20,24)(H4,18,19,21)/t14-/m0/s1. The van der Waals surface area contributed by atoms with Gasteiger partial charge in [0.05, 0.1) is 18.0 Å². The molecule has 1 aliphatic heterocycles. The number of likely N-dealkylation sites (tertiary alicyclic amines) is 1. The van der Waals surface area contributed by atoms with E-state index < -0.39 is 27.9 Å². The molecule has 29 heavy (non-hydrogen) atoms. The predicted molar refractivity (Wildman–Crippen MR) is 106 cm³/mol. The van der Waals surface area contributed by atoms with Gasteiger partial charge in [0.15, 0.2) is 0 Å². The third-order valence-corrected chi connectivity index (χ3v) is 5.67. The average Bonchev–Trinajstić information content (AvgIpc) is 2.64. The van der Waals surface area contributed by atoms with Crippen LogP contribution in [0.2, 0.25) is 0 Å². The molecular weight excluding hydrogens is 400 g/mol. The van der Waals surface area contributed by atoms with Crippen molar-refractivity contribution in [2.45, 2.75) is 30.7 Å². The van der Waals surface area contributed by atoms with Crippen LogP contribution in [-0.2, 0) is 24.4 Å². The van der Waals surface area contributed by atoms with Crippen LogP contribution in [-0.4, -0.2) is 63.4 Å². The number of hydrogen-bond acceptors (Lipinski definition) is 6. The molecule has 2 amide bonds. The minimum absolute atomic E-state index is 0.0660. The van der Waals surface area contributed by atoms with Gasteiger partial charge >= 0.3 is 0 Å². The van der Waals surface area contributed by atoms with Crippen molar-refractivity contribution in [2.75, 3.05) is 26.2 Å². The minimum Gasteiger partial charge on any atom is -0.391 e. The molecule has 1 aromatic carbocycles. The Morgan fingerprint density at radius 1 is 1.31 bits per heavy atom. The fourth-order valence-corrected chi connectivity index (χ4v) is 3.99. The van der Waals surface area contributed by atoms with Crippen LogP contribution in [0.15, 0.2) is 34.3 Å². The zero-order valence-electron chi connectivity index (χ0n) is 16.1. The van der Waals surface area contributed by atoms with Crippen molar-refractivity contribution in [3.05, 3.63) is 29.8 Å². The Morgan fingerprint density at radius 2 is 2.00 bits per heavy atom. The van der Waals surface area contributed by atoms with Crippen LogP contribution in [0.1, 0.15) is 18.4 Å². The fraction of sp³-hybridized carbons (Fsp3) is 0.471. The highest BCUT2D eigenvalue weighted by Gasteiger charge is 2.33. The van der Waals surface area contributed by atoms with Gasteiger partial charge in [0.25, 0.3) is 0 Å². The molecule has 1 heterocycles. The second-order valence-corrected chi connectivity index (χ2v) is 8.30. The number of benzene rings is 1. The number of hydrogen-bond donors (Lipinski definition) is 4. The molecule has 1 aromatic rings. The highest BCUT2D eigenvalue weighted by molar-refractivity contribution is 7.89. The molecule has 2 rings (SSSR count). The zero-order valence-corrected chi connectivity index (χ0v) is 16.9. The molecule has 1 aliphatic rings. The number of sulfonamides is 1. The summed E-state index contributed by atoms with van der Waals surface area (Å²) in [6, 6.07) is 5.43. The first-order chi connectivity index (χ1) is 13.7. The summed E-state index contributed by atoms with van der Waals surface area (Å²) in [4.78, 5) is 30.8. The number of piperidine rings is 1. The molecule has 1 saturated heterocycles. The van der Waals surface area contributed by atoms with Gasteiger partial charge in [-0.3, -0.25) is 9.59 Å². The number of amides is 2. The highest BCUT2D eigenvalue weighted by Crippen LogP contribution is 2.16. The first kappa shape index (κ1) is 22.4. The van der Waals surface area contributed by atoms with E-state index >= 15 is 0 Å². The Kier molecular flexibility index (Phi) is 7.79. The first-order valence-corrected chi connectivity index (χ1v) is 10.5. The largest absolute Gasteiger partial charge is 0.391 e. The Morgan fingerprint density at radius 3 is 2.66 bits per heavy atom. The minimum atomic E-state index is -3.84. The molecule has 0 saturated carbocycles. The van der Waals surface area contributed by atoms with Crippen LogP contribution in [0.5, 0.6) is 0 Å². The lowest BCUT2D eigenvalue weighted by Crippen LogP contribution is -2.54. The molecule has 0 unspecified atom stereocenters. The Labute approximate surface area is 169 Å². The maximum Gasteiger partial charge on any atom is 0.241 e. The molecular formula is C17H26N6O5S. The lowest BCUT2D eigenvalue weighted by atomic mass is 10.1. The molecule has 12 heteroatoms. The van der Waals surface area contributed by atoms with E-state index in [1.165, 1.54) is 17.0 Å². The van der Waals surface area contributed by atoms with Gasteiger partial charge < -0.3 is 26.5 Å². The van der Waals surface area contributed by atoms with E-state index in [4.69, 9.17) is 16.3 Å². The van der Waals surface area contributed by atoms with E-state index in [0.29, 0.717) is 19.4 Å². The predicted octanol–water partition coefficient (Wildman–Crippen LogP) is -1.41. The van der Waals surface area contributed by atoms with Crippen molar-refractivity contribution in [1.29, 1.82) is 0 Å². The van der Waals surface area contributed by atoms with Gasteiger partial charge in [0.1, 0.15) is 12.6 Å². The third-order valence-electron chi connectivity index (χ3n) is 4.18. The van der Waals surface area contributed by atoms with Crippen molar-refractivity contribution < 1.29 is 22.8 Å². The van der Waals surface area contributed by atoms with E-state index in [0.717, 1.165) is 5.56 Å². The summed E-state index contributed by atoms with van der Waals surface area (Å²) >= 11 is 0. The lowest BCUT2D eigenvalue weighted by Gasteiger charge is -2.32. The van der Waals surface area contributed by atoms with Gasteiger partial charge in [-0.1, -0.05) is 17.7 Å². The first-order valence-electron chi connectivity index (χ1n) is 9.04. The van der Waals surface area contributed by atoms with Crippen molar-refractivity contribution in [1.82, 2.24) is 14.9 Å². The molecule has 1 fully saturated rings. The van der Waals surface area contributed by atoms with Gasteiger partial charge in [0, 0.05) is 6.54 Å². The Hall–Kier alpha value is -2.86. The maximum atomic E-state index is 12.6. The third kappa shape index (κ3) is 6.91. The number of nitrogens with two attached hydrogens (primary N) is 2. The fourth-order valence-electron chi connectivity index (χ4n) is 2.76. The van der Waals surface area contributed by atoms with Gasteiger partial charge in [-0.15, -0.1) is 0 Å². The van der Waals surface area contributed by atoms with Gasteiger partial charge in [-0.2, -0.15) is 4.72 Å². The van der Waals surface area contributed by atoms with Crippen LogP contribution >= 0.6 is 0 Å². The summed E-state index contributed by atoms with van der Waals surface area (Å²) < 4.78 is 27.5. The normalized spacial score (nSPS) is 16.9. The number of carbonyl (C=O) groups is 2. The van der Waals surface area contributed by atoms with Gasteiger partial charge in [-0.25, -0.2) is 8.42 Å². The molecule has 0 aliphatic carbocycles. The summed E-state index contributed by atoms with van der Waals surface area (Å²) in [5.41, 5.74) is 11.1. The monoisotopic (exact) mass is 426 g/mol. The van der Waals surface area contributed by atoms with Crippen molar-refractivity contribution >= 4 is 27.8 Å². The van der Waals surface area contributed by atoms with Crippen LogP contribution in [0.4, 0.5) is 0 Å². The summed E-state index contributed by atoms with van der Waals surface area (Å²) in [6.45, 7) is 2.27. The van der Waals surface area contributed by atoms with Crippen LogP contribution < -0.4 is 21.5 Å². The van der Waals surface area contributed by atoms with E-state index in [1.807, 2.05) is 6.92 Å². The van der Waals surface area contributed by atoms with Crippen molar-refractivity contribution in [3.8, 4) is 0 Å². The van der Waals surface area contributed by atoms with E-state index in [9.17, 15) is 18.0 Å². The number of aryl methyl sites for hydroxylation is 1. The quantitative estimate of drug-likeness (QED) is 0.163. The van der Waals surface area contributed by atoms with Gasteiger partial charge in [0.2, 0.25) is 27.8 Å². The van der Waals surface area contributed by atoms with Crippen molar-refractivity contribution in [2.24, 2.45) is 16.6 Å². The van der Waals surface area contributed by atoms with Crippen LogP contribution in [0, 0.1) is 6.92 Å². The topological polar surface area (TPSA) is 169 Å². The second-order valence-electron chi connectivity index (χ2n) is 6.59. The lowest BCUT2D eigenvalue weighted by molar-refractivity contribution is -0.139.